The highest BCUT2D eigenvalue weighted by Crippen LogP contribution is 2.08. The highest BCUT2D eigenvalue weighted by atomic mass is 16.6. The van der Waals surface area contributed by atoms with Crippen molar-refractivity contribution in [3.63, 3.8) is 0 Å². The van der Waals surface area contributed by atoms with Crippen LogP contribution in [0.4, 0.5) is 0 Å². The van der Waals surface area contributed by atoms with Crippen molar-refractivity contribution in [2.45, 2.75) is 168 Å². The van der Waals surface area contributed by atoms with Crippen LogP contribution in [0.1, 0.15) is 162 Å². The lowest BCUT2D eigenvalue weighted by Crippen LogP contribution is -2.30. The van der Waals surface area contributed by atoms with Gasteiger partial charge in [-0.2, -0.15) is 0 Å². The molecule has 0 bridgehead atoms. The lowest BCUT2D eigenvalue weighted by Gasteiger charge is -2.18. The number of carbonyl (C=O) groups excluding carboxylic acids is 3. The predicted molar refractivity (Wildman–Crippen MR) is 287 cm³/mol. The fourth-order valence-electron chi connectivity index (χ4n) is 5.78. The van der Waals surface area contributed by atoms with Gasteiger partial charge in [0.2, 0.25) is 0 Å². The second-order valence-electron chi connectivity index (χ2n) is 15.7. The van der Waals surface area contributed by atoms with E-state index in [0.29, 0.717) is 19.3 Å². The minimum Gasteiger partial charge on any atom is -0.462 e. The van der Waals surface area contributed by atoms with Crippen LogP contribution in [0.25, 0.3) is 0 Å². The third kappa shape index (κ3) is 51.4. The first-order valence-electron chi connectivity index (χ1n) is 25.4. The minimum atomic E-state index is -0.876. The molecule has 6 nitrogen and oxygen atoms in total. The number of esters is 3. The molecule has 0 aromatic heterocycles. The van der Waals surface area contributed by atoms with Crippen molar-refractivity contribution < 1.29 is 28.6 Å². The lowest BCUT2D eigenvalue weighted by atomic mass is 10.2. The summed E-state index contributed by atoms with van der Waals surface area (Å²) in [5, 5.41) is 0. The molecule has 0 saturated heterocycles. The highest BCUT2D eigenvalue weighted by molar-refractivity contribution is 5.71. The Hall–Kier alpha value is -5.49. The Bertz CT molecular complexity index is 1670. The zero-order chi connectivity index (χ0) is 48.6. The lowest BCUT2D eigenvalue weighted by molar-refractivity contribution is -0.166. The van der Waals surface area contributed by atoms with Crippen molar-refractivity contribution in [2.24, 2.45) is 0 Å². The van der Waals surface area contributed by atoms with Gasteiger partial charge in [0.05, 0.1) is 0 Å². The Morgan fingerprint density at radius 3 is 1.12 bits per heavy atom. The average Bonchev–Trinajstić information content (AvgIpc) is 3.33. The summed E-state index contributed by atoms with van der Waals surface area (Å²) in [7, 11) is 0. The van der Waals surface area contributed by atoms with Gasteiger partial charge in [-0.05, 0) is 109 Å². The smallest absolute Gasteiger partial charge is 0.306 e. The zero-order valence-electron chi connectivity index (χ0n) is 41.8. The van der Waals surface area contributed by atoms with Gasteiger partial charge in [0.1, 0.15) is 13.2 Å². The number of unbranched alkanes of at least 4 members (excludes halogenated alkanes) is 5. The zero-order valence-corrected chi connectivity index (χ0v) is 41.8. The van der Waals surface area contributed by atoms with Crippen LogP contribution in [0.3, 0.4) is 0 Å². The summed E-state index contributed by atoms with van der Waals surface area (Å²) in [5.74, 6) is -1.20. The fraction of sp³-hybridized carbons (Fsp3) is 0.459. The van der Waals surface area contributed by atoms with E-state index in [0.717, 1.165) is 77.0 Å². The largest absolute Gasteiger partial charge is 0.462 e. The molecule has 0 amide bonds. The van der Waals surface area contributed by atoms with E-state index in [1.54, 1.807) is 0 Å². The van der Waals surface area contributed by atoms with Crippen molar-refractivity contribution in [3.8, 4) is 0 Å². The Labute approximate surface area is 408 Å². The number of hydrogen-bond acceptors (Lipinski definition) is 6. The summed E-state index contributed by atoms with van der Waals surface area (Å²) in [6.45, 7) is 6.13. The number of ether oxygens (including phenoxy) is 3. The first kappa shape index (κ1) is 61.5. The van der Waals surface area contributed by atoms with Crippen LogP contribution in [-0.4, -0.2) is 37.2 Å². The molecular weight excluding hydrogens is 829 g/mol. The van der Waals surface area contributed by atoms with Crippen molar-refractivity contribution in [1.82, 2.24) is 0 Å². The monoisotopic (exact) mass is 917 g/mol. The van der Waals surface area contributed by atoms with E-state index >= 15 is 0 Å². The van der Waals surface area contributed by atoms with E-state index in [9.17, 15) is 14.4 Å². The normalized spacial score (nSPS) is 13.7. The molecule has 0 aliphatic carbocycles. The van der Waals surface area contributed by atoms with E-state index in [1.807, 2.05) is 66.8 Å². The maximum atomic E-state index is 12.8. The summed E-state index contributed by atoms with van der Waals surface area (Å²) < 4.78 is 16.6. The van der Waals surface area contributed by atoms with Gasteiger partial charge in [-0.3, -0.25) is 14.4 Å². The van der Waals surface area contributed by atoms with Crippen molar-refractivity contribution in [3.05, 3.63) is 182 Å². The van der Waals surface area contributed by atoms with E-state index in [2.05, 4.69) is 136 Å². The molecule has 0 radical (unpaired) electrons. The summed E-state index contributed by atoms with van der Waals surface area (Å²) in [5.41, 5.74) is 0. The number of rotatable bonds is 42. The van der Waals surface area contributed by atoms with E-state index in [1.165, 1.54) is 25.7 Å². The van der Waals surface area contributed by atoms with Gasteiger partial charge >= 0.3 is 17.9 Å². The van der Waals surface area contributed by atoms with Crippen LogP contribution in [0.15, 0.2) is 182 Å². The van der Waals surface area contributed by atoms with Gasteiger partial charge in [0, 0.05) is 19.3 Å². The van der Waals surface area contributed by atoms with E-state index < -0.39 is 18.0 Å². The molecule has 1 atom stereocenters. The van der Waals surface area contributed by atoms with Crippen LogP contribution < -0.4 is 0 Å². The molecule has 1 unspecified atom stereocenters. The van der Waals surface area contributed by atoms with Crippen molar-refractivity contribution in [2.75, 3.05) is 13.2 Å². The van der Waals surface area contributed by atoms with E-state index in [-0.39, 0.29) is 38.4 Å². The first-order chi connectivity index (χ1) is 33.0. The quantitative estimate of drug-likeness (QED) is 0.0200. The molecule has 0 aliphatic rings. The molecule has 0 aromatic carbocycles. The molecule has 67 heavy (non-hydrogen) atoms. The Kier molecular flexibility index (Phi) is 48.8. The summed E-state index contributed by atoms with van der Waals surface area (Å²) in [6, 6.07) is 0. The summed E-state index contributed by atoms with van der Waals surface area (Å²) in [6.07, 6.45) is 80.4. The maximum absolute atomic E-state index is 12.8. The Morgan fingerprint density at radius 1 is 0.328 bits per heavy atom. The van der Waals surface area contributed by atoms with Gasteiger partial charge in [-0.1, -0.05) is 216 Å². The van der Waals surface area contributed by atoms with Crippen LogP contribution in [0.2, 0.25) is 0 Å². The molecular formula is C61H88O6. The van der Waals surface area contributed by atoms with Crippen LogP contribution in [-0.2, 0) is 28.6 Å². The summed E-state index contributed by atoms with van der Waals surface area (Å²) >= 11 is 0. The minimum absolute atomic E-state index is 0.171. The molecule has 0 fully saturated rings. The fourth-order valence-corrected chi connectivity index (χ4v) is 5.78. The standard InChI is InChI=1S/C61H88O6/c1-4-7-10-13-16-19-22-25-27-29-30-32-33-36-39-42-45-48-51-54-60(63)66-57-58(56-65-59(62)53-50-47-44-41-38-35-24-21-18-15-12-9-6-3)67-61(64)55-52-49-46-43-40-37-34-31-28-26-23-20-17-14-11-8-5-2/h7,9-10,12,15-21,24-28,30,32,34-39,41,43-46,48,58H,4-6,8,11,13-14,22-23,29,31,33,40,42,47,49-57H2,1-3H3/b10-7+,12-9+,18-15+,19-16+,20-17+,24-21+,27-25+,28-26+,32-30+,37-34+,38-35+,39-36+,44-41+,46-43+,48-45+. The van der Waals surface area contributed by atoms with Gasteiger partial charge in [-0.25, -0.2) is 0 Å². The molecule has 368 valence electrons. The highest BCUT2D eigenvalue weighted by Gasteiger charge is 2.19. The van der Waals surface area contributed by atoms with Gasteiger partial charge < -0.3 is 14.2 Å². The second kappa shape index (κ2) is 53.1. The molecule has 0 rings (SSSR count). The second-order valence-corrected chi connectivity index (χ2v) is 15.7. The molecule has 0 spiro atoms. The molecule has 0 heterocycles. The topological polar surface area (TPSA) is 78.9 Å². The molecule has 0 saturated carbocycles. The molecule has 6 heteroatoms. The number of hydrogen-bond donors (Lipinski definition) is 0. The maximum Gasteiger partial charge on any atom is 0.306 e. The van der Waals surface area contributed by atoms with Gasteiger partial charge in [-0.15, -0.1) is 0 Å². The van der Waals surface area contributed by atoms with Crippen LogP contribution in [0.5, 0.6) is 0 Å². The molecule has 0 aliphatic heterocycles. The SMILES string of the molecule is CC/C=C/C=C/C=C/C=C/C=C/CCCC(=O)OCC(COC(=O)CC/C=C/C/C=C/C/C=C/C/C=C/C/C=C/C/C=C/CC)OC(=O)CCC/C=C/C/C=C/C/C=C/C/C=C/CCCCC. The van der Waals surface area contributed by atoms with Gasteiger partial charge in [0.15, 0.2) is 6.10 Å². The Balaban J connectivity index is 4.73. The number of carbonyl (C=O) groups is 3. The summed E-state index contributed by atoms with van der Waals surface area (Å²) in [4.78, 5) is 37.9. The van der Waals surface area contributed by atoms with Crippen LogP contribution >= 0.6 is 0 Å². The number of allylic oxidation sites excluding steroid dienone is 30. The first-order valence-corrected chi connectivity index (χ1v) is 25.4. The van der Waals surface area contributed by atoms with Gasteiger partial charge in [0.25, 0.3) is 0 Å². The van der Waals surface area contributed by atoms with E-state index in [4.69, 9.17) is 14.2 Å². The van der Waals surface area contributed by atoms with Crippen molar-refractivity contribution in [1.29, 1.82) is 0 Å². The third-order valence-corrected chi connectivity index (χ3v) is 9.52. The Morgan fingerprint density at radius 2 is 0.672 bits per heavy atom. The third-order valence-electron chi connectivity index (χ3n) is 9.52. The average molecular weight is 917 g/mol. The van der Waals surface area contributed by atoms with Crippen LogP contribution in [0, 0.1) is 0 Å². The van der Waals surface area contributed by atoms with Crippen molar-refractivity contribution >= 4 is 17.9 Å². The predicted octanol–water partition coefficient (Wildman–Crippen LogP) is 17.0. The molecule has 0 N–H and O–H groups in total. The molecule has 0 aromatic rings.